The van der Waals surface area contributed by atoms with Crippen LogP contribution in [0.4, 0.5) is 5.69 Å². The highest BCUT2D eigenvalue weighted by Crippen LogP contribution is 2.32. The van der Waals surface area contributed by atoms with Gasteiger partial charge in [-0.3, -0.25) is 29.4 Å². The maximum absolute atomic E-state index is 12.7. The highest BCUT2D eigenvalue weighted by Gasteiger charge is 2.45. The fourth-order valence-corrected chi connectivity index (χ4v) is 3.80. The molecule has 38 heavy (non-hydrogen) atoms. The zero-order valence-electron chi connectivity index (χ0n) is 20.2. The minimum Gasteiger partial charge on any atom is -0.456 e. The van der Waals surface area contributed by atoms with Crippen molar-refractivity contribution in [2.24, 2.45) is 0 Å². The van der Waals surface area contributed by atoms with E-state index in [0.717, 1.165) is 11.6 Å². The molecule has 0 saturated carbocycles. The number of amides is 2. The average Bonchev–Trinajstić information content (AvgIpc) is 3.16. The van der Waals surface area contributed by atoms with Crippen LogP contribution in [0.1, 0.15) is 53.9 Å². The first-order chi connectivity index (χ1) is 18.1. The van der Waals surface area contributed by atoms with E-state index in [1.165, 1.54) is 43.3 Å². The van der Waals surface area contributed by atoms with E-state index in [-0.39, 0.29) is 16.9 Å². The van der Waals surface area contributed by atoms with Crippen LogP contribution in [0.25, 0.3) is 0 Å². The van der Waals surface area contributed by atoms with Gasteiger partial charge in [0.05, 0.1) is 16.1 Å². The molecule has 0 aliphatic carbocycles. The third kappa shape index (κ3) is 5.03. The van der Waals surface area contributed by atoms with Crippen LogP contribution in [-0.2, 0) is 9.53 Å². The number of Topliss-reactive ketones (excluding diaryl/α,β-unsaturated/α-hetero) is 1. The van der Waals surface area contributed by atoms with Crippen molar-refractivity contribution >= 4 is 35.2 Å². The number of esters is 2. The Labute approximate surface area is 215 Å². The topological polar surface area (TPSA) is 150 Å². The zero-order valence-corrected chi connectivity index (χ0v) is 20.2. The Hall–Kier alpha value is -5.19. The molecule has 1 heterocycles. The molecule has 1 atom stereocenters. The molecule has 2 amide bonds. The Morgan fingerprint density at radius 3 is 2.18 bits per heavy atom. The maximum Gasteiger partial charge on any atom is 0.343 e. The predicted octanol–water partition coefficient (Wildman–Crippen LogP) is 3.53. The molecule has 192 valence electrons. The fraction of sp³-hybridized carbons (Fsp3) is 0.148. The number of fused-ring (bicyclic) bond motifs is 1. The number of carbonyl (C=O) groups is 5. The molecule has 4 rings (SSSR count). The van der Waals surface area contributed by atoms with Crippen LogP contribution in [0.2, 0.25) is 0 Å². The summed E-state index contributed by atoms with van der Waals surface area (Å²) in [7, 11) is 0. The van der Waals surface area contributed by atoms with Crippen molar-refractivity contribution in [3.63, 3.8) is 0 Å². The van der Waals surface area contributed by atoms with Gasteiger partial charge in [-0.05, 0) is 56.3 Å². The molecule has 11 heteroatoms. The summed E-state index contributed by atoms with van der Waals surface area (Å²) >= 11 is 0. The summed E-state index contributed by atoms with van der Waals surface area (Å²) in [4.78, 5) is 73.7. The molecular formula is C27H20N2O9. The molecule has 11 nitrogen and oxygen atoms in total. The third-order valence-electron chi connectivity index (χ3n) is 5.87. The van der Waals surface area contributed by atoms with Crippen LogP contribution in [0.3, 0.4) is 0 Å². The van der Waals surface area contributed by atoms with Gasteiger partial charge in [0.1, 0.15) is 17.4 Å². The summed E-state index contributed by atoms with van der Waals surface area (Å²) in [5.74, 6) is -3.86. The summed E-state index contributed by atoms with van der Waals surface area (Å²) in [5.41, 5.74) is 0.380. The van der Waals surface area contributed by atoms with Crippen molar-refractivity contribution in [2.75, 3.05) is 6.61 Å². The van der Waals surface area contributed by atoms with Crippen LogP contribution >= 0.6 is 0 Å². The number of imide groups is 1. The number of rotatable bonds is 8. The molecule has 0 N–H and O–H groups in total. The Bertz CT molecular complexity index is 1480. The number of hydrogen-bond acceptors (Lipinski definition) is 9. The van der Waals surface area contributed by atoms with Gasteiger partial charge in [0, 0.05) is 11.6 Å². The number of nitrogens with zero attached hydrogens (tertiary/aromatic N) is 2. The molecule has 3 aromatic carbocycles. The van der Waals surface area contributed by atoms with Crippen LogP contribution in [-0.4, -0.2) is 52.0 Å². The van der Waals surface area contributed by atoms with E-state index in [4.69, 9.17) is 9.47 Å². The number of ether oxygens (including phenoxy) is 2. The van der Waals surface area contributed by atoms with E-state index >= 15 is 0 Å². The Morgan fingerprint density at radius 1 is 0.921 bits per heavy atom. The van der Waals surface area contributed by atoms with Crippen molar-refractivity contribution in [1.82, 2.24) is 4.90 Å². The second kappa shape index (κ2) is 10.4. The second-order valence-corrected chi connectivity index (χ2v) is 8.42. The third-order valence-corrected chi connectivity index (χ3v) is 5.87. The molecule has 0 aromatic heterocycles. The first kappa shape index (κ1) is 25.9. The summed E-state index contributed by atoms with van der Waals surface area (Å²) in [6.07, 6.45) is 0. The molecule has 0 radical (unpaired) electrons. The number of nitro groups is 1. The minimum absolute atomic E-state index is 0.164. The van der Waals surface area contributed by atoms with E-state index in [0.29, 0.717) is 10.5 Å². The van der Waals surface area contributed by atoms with Gasteiger partial charge in [-0.2, -0.15) is 0 Å². The van der Waals surface area contributed by atoms with Crippen molar-refractivity contribution < 1.29 is 38.4 Å². The molecule has 0 fully saturated rings. The van der Waals surface area contributed by atoms with Crippen LogP contribution in [0.5, 0.6) is 5.75 Å². The average molecular weight is 516 g/mol. The van der Waals surface area contributed by atoms with Gasteiger partial charge < -0.3 is 9.47 Å². The summed E-state index contributed by atoms with van der Waals surface area (Å²) in [5, 5.41) is 11.3. The van der Waals surface area contributed by atoms with E-state index in [9.17, 15) is 34.1 Å². The van der Waals surface area contributed by atoms with E-state index in [2.05, 4.69) is 0 Å². The molecule has 1 unspecified atom stereocenters. The monoisotopic (exact) mass is 516 g/mol. The number of aryl methyl sites for hydroxylation is 1. The van der Waals surface area contributed by atoms with Crippen molar-refractivity contribution in [3.05, 3.63) is 105 Å². The van der Waals surface area contributed by atoms with Gasteiger partial charge in [0.15, 0.2) is 12.4 Å². The van der Waals surface area contributed by atoms with Crippen LogP contribution < -0.4 is 4.74 Å². The molecule has 1 aliphatic heterocycles. The second-order valence-electron chi connectivity index (χ2n) is 8.42. The Balaban J connectivity index is 1.36. The minimum atomic E-state index is -1.43. The summed E-state index contributed by atoms with van der Waals surface area (Å²) in [6, 6.07) is 14.6. The van der Waals surface area contributed by atoms with Gasteiger partial charge in [-0.15, -0.1) is 0 Å². The SMILES string of the molecule is Cc1ccc(C(=O)Oc2ccc(C(=O)COC(=O)C(C)N3C(=O)c4cccc([N+](=O)[O-])c4C3=O)cc2)cc1. The smallest absolute Gasteiger partial charge is 0.343 e. The molecule has 0 spiro atoms. The van der Waals surface area contributed by atoms with E-state index in [1.807, 2.05) is 6.92 Å². The first-order valence-corrected chi connectivity index (χ1v) is 11.3. The lowest BCUT2D eigenvalue weighted by atomic mass is 10.1. The maximum atomic E-state index is 12.7. The molecule has 0 bridgehead atoms. The number of carbonyl (C=O) groups excluding carboxylic acids is 5. The quantitative estimate of drug-likeness (QED) is 0.109. The molecule has 0 saturated heterocycles. The van der Waals surface area contributed by atoms with Gasteiger partial charge in [-0.25, -0.2) is 9.59 Å². The zero-order chi connectivity index (χ0) is 27.6. The number of ketones is 1. The van der Waals surface area contributed by atoms with Crippen molar-refractivity contribution in [1.29, 1.82) is 0 Å². The molecule has 3 aromatic rings. The number of benzene rings is 3. The Kier molecular flexibility index (Phi) is 7.10. The normalized spacial score (nSPS) is 13.1. The summed E-state index contributed by atoms with van der Waals surface area (Å²) < 4.78 is 10.3. The molecular weight excluding hydrogens is 496 g/mol. The highest BCUT2D eigenvalue weighted by molar-refractivity contribution is 6.24. The summed E-state index contributed by atoms with van der Waals surface area (Å²) in [6.45, 7) is 2.42. The highest BCUT2D eigenvalue weighted by atomic mass is 16.6. The van der Waals surface area contributed by atoms with Gasteiger partial charge >= 0.3 is 11.9 Å². The van der Waals surface area contributed by atoms with Crippen molar-refractivity contribution in [2.45, 2.75) is 19.9 Å². The number of hydrogen-bond donors (Lipinski definition) is 0. The van der Waals surface area contributed by atoms with E-state index < -0.39 is 58.4 Å². The van der Waals surface area contributed by atoms with Crippen molar-refractivity contribution in [3.8, 4) is 5.75 Å². The number of nitro benzene ring substituents is 1. The standard InChI is InChI=1S/C27H20N2O9/c1-15-6-8-18(9-7-15)27(34)38-19-12-10-17(11-13-19)22(30)14-37-26(33)16(2)28-24(31)20-4-3-5-21(29(35)36)23(20)25(28)32/h3-13,16H,14H2,1-2H3. The Morgan fingerprint density at radius 2 is 1.55 bits per heavy atom. The van der Waals surface area contributed by atoms with Gasteiger partial charge in [-0.1, -0.05) is 23.8 Å². The van der Waals surface area contributed by atoms with Crippen LogP contribution in [0, 0.1) is 17.0 Å². The lowest BCUT2D eigenvalue weighted by molar-refractivity contribution is -0.385. The first-order valence-electron chi connectivity index (χ1n) is 11.3. The molecule has 1 aliphatic rings. The lowest BCUT2D eigenvalue weighted by Crippen LogP contribution is -2.44. The van der Waals surface area contributed by atoms with Gasteiger partial charge in [0.2, 0.25) is 0 Å². The van der Waals surface area contributed by atoms with E-state index in [1.54, 1.807) is 24.3 Å². The van der Waals surface area contributed by atoms with Gasteiger partial charge in [0.25, 0.3) is 17.5 Å². The predicted molar refractivity (Wildman–Crippen MR) is 131 cm³/mol. The van der Waals surface area contributed by atoms with Crippen LogP contribution in [0.15, 0.2) is 66.7 Å². The largest absolute Gasteiger partial charge is 0.456 e. The fourth-order valence-electron chi connectivity index (χ4n) is 3.80. The lowest BCUT2D eigenvalue weighted by Gasteiger charge is -2.20.